The fourth-order valence-electron chi connectivity index (χ4n) is 2.69. The molecular weight excluding hydrogens is 274 g/mol. The number of ether oxygens (including phenoxy) is 1. The van der Waals surface area contributed by atoms with Crippen LogP contribution in [0.4, 0.5) is 0 Å². The summed E-state index contributed by atoms with van der Waals surface area (Å²) in [5.41, 5.74) is -1.50. The van der Waals surface area contributed by atoms with Gasteiger partial charge in [-0.15, -0.1) is 0 Å². The quantitative estimate of drug-likeness (QED) is 0.690. The molecule has 1 heterocycles. The number of carbonyl (C=O) groups is 1. The molecule has 2 aromatic carbocycles. The topological polar surface area (TPSA) is 89.7 Å². The number of hydrogen-bond acceptors (Lipinski definition) is 4. The molecule has 1 aliphatic rings. The van der Waals surface area contributed by atoms with Crippen molar-refractivity contribution in [3.8, 4) is 5.75 Å². The van der Waals surface area contributed by atoms with Crippen molar-refractivity contribution in [3.63, 3.8) is 0 Å². The Morgan fingerprint density at radius 3 is 2.38 bits per heavy atom. The molecule has 3 rings (SSSR count). The largest absolute Gasteiger partial charge is 0.473 e. The number of hydrogen-bond donors (Lipinski definition) is 1. The summed E-state index contributed by atoms with van der Waals surface area (Å²) in [5.74, 6) is -2.38. The van der Waals surface area contributed by atoms with Gasteiger partial charge >= 0.3 is 11.7 Å². The molecule has 0 spiro atoms. The maximum absolute atomic E-state index is 11.7. The average Bonchev–Trinajstić information content (AvgIpc) is 2.84. The first-order chi connectivity index (χ1) is 10.1. The molecule has 21 heavy (non-hydrogen) atoms. The normalized spacial score (nSPS) is 23.1. The van der Waals surface area contributed by atoms with Gasteiger partial charge in [-0.2, -0.15) is 0 Å². The van der Waals surface area contributed by atoms with Crippen molar-refractivity contribution in [3.05, 3.63) is 75.8 Å². The number of carboxylic acid groups (broad SMARTS) is 1. The molecule has 0 radical (unpaired) electrons. The second kappa shape index (κ2) is 4.59. The predicted octanol–water partition coefficient (Wildman–Crippen LogP) is 2.27. The SMILES string of the molecule is O=C(O)C1([N+](=O)[O-])Oc2ccccc2C1c1ccccc1. The molecule has 1 aliphatic heterocycles. The average molecular weight is 285 g/mol. The first kappa shape index (κ1) is 13.1. The third kappa shape index (κ3) is 1.76. The van der Waals surface area contributed by atoms with Crippen molar-refractivity contribution in [2.45, 2.75) is 11.6 Å². The van der Waals surface area contributed by atoms with Gasteiger partial charge in [-0.3, -0.25) is 10.1 Å². The van der Waals surface area contributed by atoms with Crippen LogP contribution >= 0.6 is 0 Å². The van der Waals surface area contributed by atoms with E-state index in [4.69, 9.17) is 4.74 Å². The van der Waals surface area contributed by atoms with Crippen molar-refractivity contribution in [2.75, 3.05) is 0 Å². The van der Waals surface area contributed by atoms with Gasteiger partial charge in [0.05, 0.1) is 4.92 Å². The van der Waals surface area contributed by atoms with Crippen LogP contribution in [0.3, 0.4) is 0 Å². The Labute approximate surface area is 119 Å². The smallest absolute Gasteiger partial charge is 0.471 e. The molecular formula is C15H11NO5. The van der Waals surface area contributed by atoms with E-state index in [-0.39, 0.29) is 5.75 Å². The summed E-state index contributed by atoms with van der Waals surface area (Å²) in [5, 5.41) is 21.0. The molecule has 0 aromatic heterocycles. The fraction of sp³-hybridized carbons (Fsp3) is 0.133. The van der Waals surface area contributed by atoms with E-state index in [1.165, 1.54) is 0 Å². The lowest BCUT2D eigenvalue weighted by Crippen LogP contribution is -2.53. The minimum absolute atomic E-state index is 0.227. The van der Waals surface area contributed by atoms with Crippen LogP contribution in [0.5, 0.6) is 5.75 Å². The highest BCUT2D eigenvalue weighted by Gasteiger charge is 2.66. The summed E-state index contributed by atoms with van der Waals surface area (Å²) >= 11 is 0. The number of fused-ring (bicyclic) bond motifs is 1. The summed E-state index contributed by atoms with van der Waals surface area (Å²) in [7, 11) is 0. The van der Waals surface area contributed by atoms with Crippen molar-refractivity contribution in [1.29, 1.82) is 0 Å². The summed E-state index contributed by atoms with van der Waals surface area (Å²) in [6.45, 7) is 0. The van der Waals surface area contributed by atoms with Gasteiger partial charge in [-0.05, 0) is 11.6 Å². The molecule has 0 aliphatic carbocycles. The summed E-state index contributed by atoms with van der Waals surface area (Å²) in [6.07, 6.45) is 0. The number of nitro groups is 1. The van der Waals surface area contributed by atoms with E-state index in [9.17, 15) is 20.0 Å². The Kier molecular flexibility index (Phi) is 2.86. The molecule has 2 atom stereocenters. The third-order valence-corrected chi connectivity index (χ3v) is 3.60. The second-order valence-electron chi connectivity index (χ2n) is 4.74. The maximum Gasteiger partial charge on any atom is 0.471 e. The molecule has 0 saturated carbocycles. The Hall–Kier alpha value is -2.89. The van der Waals surface area contributed by atoms with Gasteiger partial charge in [0.2, 0.25) is 0 Å². The first-order valence-electron chi connectivity index (χ1n) is 6.28. The Morgan fingerprint density at radius 2 is 1.76 bits per heavy atom. The molecule has 0 saturated heterocycles. The molecule has 6 nitrogen and oxygen atoms in total. The highest BCUT2D eigenvalue weighted by molar-refractivity contribution is 5.80. The van der Waals surface area contributed by atoms with E-state index in [0.29, 0.717) is 11.1 Å². The molecule has 0 bridgehead atoms. The van der Waals surface area contributed by atoms with E-state index < -0.39 is 22.5 Å². The number of rotatable bonds is 3. The van der Waals surface area contributed by atoms with E-state index in [1.807, 2.05) is 0 Å². The van der Waals surface area contributed by atoms with Gasteiger partial charge in [-0.1, -0.05) is 48.5 Å². The lowest BCUT2D eigenvalue weighted by atomic mass is 9.84. The van der Waals surface area contributed by atoms with Gasteiger partial charge in [0.15, 0.2) is 0 Å². The Morgan fingerprint density at radius 1 is 1.14 bits per heavy atom. The van der Waals surface area contributed by atoms with Crippen LogP contribution in [0.1, 0.15) is 17.0 Å². The van der Waals surface area contributed by atoms with Gasteiger partial charge < -0.3 is 9.84 Å². The van der Waals surface area contributed by atoms with Crippen LogP contribution in [-0.4, -0.2) is 21.7 Å². The van der Waals surface area contributed by atoms with Crippen LogP contribution < -0.4 is 4.74 Å². The zero-order valence-electron chi connectivity index (χ0n) is 10.8. The van der Waals surface area contributed by atoms with Crippen LogP contribution in [0.2, 0.25) is 0 Å². The molecule has 6 heteroatoms. The molecule has 0 fully saturated rings. The number of aliphatic carboxylic acids is 1. The van der Waals surface area contributed by atoms with E-state index in [1.54, 1.807) is 54.6 Å². The zero-order chi connectivity index (χ0) is 15.0. The third-order valence-electron chi connectivity index (χ3n) is 3.60. The highest BCUT2D eigenvalue weighted by atomic mass is 16.7. The molecule has 2 unspecified atom stereocenters. The summed E-state index contributed by atoms with van der Waals surface area (Å²) in [4.78, 5) is 22.3. The first-order valence-corrected chi connectivity index (χ1v) is 6.28. The molecule has 1 N–H and O–H groups in total. The minimum atomic E-state index is -2.54. The number of benzene rings is 2. The lowest BCUT2D eigenvalue weighted by molar-refractivity contribution is -0.598. The lowest BCUT2D eigenvalue weighted by Gasteiger charge is -2.22. The zero-order valence-corrected chi connectivity index (χ0v) is 10.8. The van der Waals surface area contributed by atoms with Crippen molar-refractivity contribution < 1.29 is 19.6 Å². The molecule has 2 aromatic rings. The molecule has 0 amide bonds. The standard InChI is InChI=1S/C15H11NO5/c17-14(18)15(16(19)20)13(10-6-2-1-3-7-10)11-8-4-5-9-12(11)21-15/h1-9,13H,(H,17,18). The fourth-order valence-corrected chi connectivity index (χ4v) is 2.69. The van der Waals surface area contributed by atoms with Crippen LogP contribution in [0, 0.1) is 10.1 Å². The monoisotopic (exact) mass is 285 g/mol. The van der Waals surface area contributed by atoms with E-state index in [2.05, 4.69) is 0 Å². The van der Waals surface area contributed by atoms with E-state index >= 15 is 0 Å². The minimum Gasteiger partial charge on any atom is -0.473 e. The van der Waals surface area contributed by atoms with Crippen molar-refractivity contribution in [1.82, 2.24) is 0 Å². The van der Waals surface area contributed by atoms with Crippen LogP contribution in [0.15, 0.2) is 54.6 Å². The number of para-hydroxylation sites is 1. The van der Waals surface area contributed by atoms with Gasteiger partial charge in [0.1, 0.15) is 11.7 Å². The number of nitrogens with zero attached hydrogens (tertiary/aromatic N) is 1. The van der Waals surface area contributed by atoms with Gasteiger partial charge in [0.25, 0.3) is 0 Å². The Bertz CT molecular complexity index is 699. The van der Waals surface area contributed by atoms with Gasteiger partial charge in [0, 0.05) is 5.56 Å². The second-order valence-corrected chi connectivity index (χ2v) is 4.74. The predicted molar refractivity (Wildman–Crippen MR) is 72.7 cm³/mol. The summed E-state index contributed by atoms with van der Waals surface area (Å²) in [6, 6.07) is 15.1. The molecule has 106 valence electrons. The number of carboxylic acids is 1. The Balaban J connectivity index is 2.27. The van der Waals surface area contributed by atoms with Crippen molar-refractivity contribution >= 4 is 5.97 Å². The highest BCUT2D eigenvalue weighted by Crippen LogP contribution is 2.48. The van der Waals surface area contributed by atoms with Crippen molar-refractivity contribution in [2.24, 2.45) is 0 Å². The van der Waals surface area contributed by atoms with Gasteiger partial charge in [-0.25, -0.2) is 4.79 Å². The van der Waals surface area contributed by atoms with Crippen LogP contribution in [0.25, 0.3) is 0 Å². The maximum atomic E-state index is 11.7. The van der Waals surface area contributed by atoms with E-state index in [0.717, 1.165) is 0 Å². The van der Waals surface area contributed by atoms with Crippen LogP contribution in [-0.2, 0) is 4.79 Å². The summed E-state index contributed by atoms with van der Waals surface area (Å²) < 4.78 is 5.29.